The molecule has 1 aliphatic carbocycles. The van der Waals surface area contributed by atoms with Gasteiger partial charge in [0.2, 0.25) is 0 Å². The molecule has 1 atom stereocenters. The molecule has 0 aromatic heterocycles. The standard InChI is InChI=1S/C19H25N/c1-5-19(2,3)18(20-4)16-12-11-14-10-9-13-7-6-8-15(16)17(13)14/h6-8,11-12,18,20H,5,9-10H2,1-4H3. The SMILES string of the molecule is CCC(C)(C)C(NC)c1ccc2c3c(cccc13)CC2. The van der Waals surface area contributed by atoms with Gasteiger partial charge < -0.3 is 5.32 Å². The molecule has 1 N–H and O–H groups in total. The maximum Gasteiger partial charge on any atom is 0.0375 e. The summed E-state index contributed by atoms with van der Waals surface area (Å²) in [6.45, 7) is 7.00. The van der Waals surface area contributed by atoms with Gasteiger partial charge in [0.15, 0.2) is 0 Å². The topological polar surface area (TPSA) is 12.0 Å². The highest BCUT2D eigenvalue weighted by molar-refractivity contribution is 5.93. The average Bonchev–Trinajstić information content (AvgIpc) is 2.87. The van der Waals surface area contributed by atoms with Gasteiger partial charge in [-0.05, 0) is 59.2 Å². The Morgan fingerprint density at radius 2 is 1.80 bits per heavy atom. The molecular formula is C19H25N. The van der Waals surface area contributed by atoms with E-state index in [0.29, 0.717) is 6.04 Å². The molecule has 1 nitrogen and oxygen atoms in total. The van der Waals surface area contributed by atoms with Crippen molar-refractivity contribution in [1.29, 1.82) is 0 Å². The minimum Gasteiger partial charge on any atom is -0.313 e. The lowest BCUT2D eigenvalue weighted by molar-refractivity contribution is 0.247. The highest BCUT2D eigenvalue weighted by Crippen LogP contribution is 2.41. The Hall–Kier alpha value is -1.34. The third kappa shape index (κ3) is 1.96. The number of nitrogens with one attached hydrogen (secondary N) is 1. The molecule has 0 bridgehead atoms. The van der Waals surface area contributed by atoms with Crippen LogP contribution >= 0.6 is 0 Å². The van der Waals surface area contributed by atoms with Gasteiger partial charge in [-0.1, -0.05) is 51.1 Å². The Morgan fingerprint density at radius 3 is 2.45 bits per heavy atom. The highest BCUT2D eigenvalue weighted by atomic mass is 14.9. The molecule has 3 rings (SSSR count). The molecule has 1 aliphatic rings. The van der Waals surface area contributed by atoms with Crippen LogP contribution in [0.1, 0.15) is 49.9 Å². The fraction of sp³-hybridized carbons (Fsp3) is 0.474. The summed E-state index contributed by atoms with van der Waals surface area (Å²) >= 11 is 0. The van der Waals surface area contributed by atoms with Crippen molar-refractivity contribution in [2.45, 2.75) is 46.1 Å². The van der Waals surface area contributed by atoms with Gasteiger partial charge >= 0.3 is 0 Å². The molecule has 106 valence electrons. The summed E-state index contributed by atoms with van der Waals surface area (Å²) in [6, 6.07) is 11.9. The lowest BCUT2D eigenvalue weighted by Crippen LogP contribution is -2.31. The molecule has 0 heterocycles. The van der Waals surface area contributed by atoms with E-state index in [9.17, 15) is 0 Å². The van der Waals surface area contributed by atoms with Crippen molar-refractivity contribution in [2.75, 3.05) is 7.05 Å². The molecule has 0 fully saturated rings. The van der Waals surface area contributed by atoms with Gasteiger partial charge in [-0.25, -0.2) is 0 Å². The summed E-state index contributed by atoms with van der Waals surface area (Å²) in [4.78, 5) is 0. The first-order valence-electron chi connectivity index (χ1n) is 7.79. The Balaban J connectivity index is 2.23. The molecule has 0 aliphatic heterocycles. The zero-order valence-corrected chi connectivity index (χ0v) is 13.1. The van der Waals surface area contributed by atoms with Crippen LogP contribution in [0.25, 0.3) is 10.8 Å². The van der Waals surface area contributed by atoms with Crippen molar-refractivity contribution in [1.82, 2.24) is 5.32 Å². The summed E-state index contributed by atoms with van der Waals surface area (Å²) in [5.41, 5.74) is 4.78. The Bertz CT molecular complexity index is 629. The van der Waals surface area contributed by atoms with Crippen LogP contribution in [-0.4, -0.2) is 7.05 Å². The maximum absolute atomic E-state index is 3.56. The van der Waals surface area contributed by atoms with Crippen LogP contribution in [-0.2, 0) is 12.8 Å². The van der Waals surface area contributed by atoms with Gasteiger partial charge in [0.05, 0.1) is 0 Å². The van der Waals surface area contributed by atoms with E-state index in [0.717, 1.165) is 0 Å². The summed E-state index contributed by atoms with van der Waals surface area (Å²) in [5, 5.41) is 6.54. The van der Waals surface area contributed by atoms with Crippen LogP contribution in [0.15, 0.2) is 30.3 Å². The largest absolute Gasteiger partial charge is 0.313 e. The third-order valence-corrected chi connectivity index (χ3v) is 5.20. The van der Waals surface area contributed by atoms with Crippen molar-refractivity contribution >= 4 is 10.8 Å². The Morgan fingerprint density at radius 1 is 1.10 bits per heavy atom. The van der Waals surface area contributed by atoms with E-state index in [1.807, 2.05) is 0 Å². The van der Waals surface area contributed by atoms with E-state index < -0.39 is 0 Å². The number of hydrogen-bond acceptors (Lipinski definition) is 1. The molecule has 0 radical (unpaired) electrons. The second-order valence-electron chi connectivity index (χ2n) is 6.72. The molecule has 0 saturated carbocycles. The molecule has 0 saturated heterocycles. The van der Waals surface area contributed by atoms with E-state index in [-0.39, 0.29) is 5.41 Å². The second kappa shape index (κ2) is 4.89. The molecule has 2 aromatic rings. The summed E-state index contributed by atoms with van der Waals surface area (Å²) in [7, 11) is 2.09. The minimum atomic E-state index is 0.257. The Kier molecular flexibility index (Phi) is 3.33. The number of rotatable bonds is 4. The Labute approximate surface area is 122 Å². The van der Waals surface area contributed by atoms with Gasteiger partial charge in [0.1, 0.15) is 0 Å². The summed E-state index contributed by atoms with van der Waals surface area (Å²) in [5.74, 6) is 0. The van der Waals surface area contributed by atoms with E-state index >= 15 is 0 Å². The van der Waals surface area contributed by atoms with Crippen LogP contribution < -0.4 is 5.32 Å². The van der Waals surface area contributed by atoms with Gasteiger partial charge in [-0.3, -0.25) is 0 Å². The molecule has 1 unspecified atom stereocenters. The van der Waals surface area contributed by atoms with Crippen LogP contribution in [0.3, 0.4) is 0 Å². The fourth-order valence-electron chi connectivity index (χ4n) is 3.69. The molecule has 0 spiro atoms. The lowest BCUT2D eigenvalue weighted by atomic mass is 9.77. The number of benzene rings is 2. The van der Waals surface area contributed by atoms with Crippen LogP contribution in [0.2, 0.25) is 0 Å². The predicted molar refractivity (Wildman–Crippen MR) is 87.2 cm³/mol. The van der Waals surface area contributed by atoms with Crippen LogP contribution in [0.5, 0.6) is 0 Å². The van der Waals surface area contributed by atoms with Crippen molar-refractivity contribution in [3.8, 4) is 0 Å². The van der Waals surface area contributed by atoms with Gasteiger partial charge in [-0.2, -0.15) is 0 Å². The normalized spacial score (nSPS) is 15.8. The van der Waals surface area contributed by atoms with E-state index in [1.165, 1.54) is 46.7 Å². The van der Waals surface area contributed by atoms with E-state index in [2.05, 4.69) is 63.5 Å². The van der Waals surface area contributed by atoms with Crippen LogP contribution in [0.4, 0.5) is 0 Å². The van der Waals surface area contributed by atoms with Crippen LogP contribution in [0, 0.1) is 5.41 Å². The maximum atomic E-state index is 3.56. The molecule has 2 aromatic carbocycles. The average molecular weight is 267 g/mol. The fourth-order valence-corrected chi connectivity index (χ4v) is 3.69. The molecular weight excluding hydrogens is 242 g/mol. The first-order chi connectivity index (χ1) is 9.58. The van der Waals surface area contributed by atoms with Gasteiger partial charge in [0, 0.05) is 6.04 Å². The van der Waals surface area contributed by atoms with Gasteiger partial charge in [-0.15, -0.1) is 0 Å². The van der Waals surface area contributed by atoms with Gasteiger partial charge in [0.25, 0.3) is 0 Å². The van der Waals surface area contributed by atoms with E-state index in [1.54, 1.807) is 0 Å². The number of hydrogen-bond donors (Lipinski definition) is 1. The monoisotopic (exact) mass is 267 g/mol. The summed E-state index contributed by atoms with van der Waals surface area (Å²) < 4.78 is 0. The lowest BCUT2D eigenvalue weighted by Gasteiger charge is -2.34. The third-order valence-electron chi connectivity index (χ3n) is 5.20. The number of aryl methyl sites for hydroxylation is 2. The summed E-state index contributed by atoms with van der Waals surface area (Å²) in [6.07, 6.45) is 3.58. The quantitative estimate of drug-likeness (QED) is 0.851. The van der Waals surface area contributed by atoms with Crippen molar-refractivity contribution in [3.05, 3.63) is 47.0 Å². The van der Waals surface area contributed by atoms with E-state index in [4.69, 9.17) is 0 Å². The molecule has 20 heavy (non-hydrogen) atoms. The molecule has 1 heteroatoms. The van der Waals surface area contributed by atoms with Crippen molar-refractivity contribution < 1.29 is 0 Å². The smallest absolute Gasteiger partial charge is 0.0375 e. The zero-order valence-electron chi connectivity index (χ0n) is 13.1. The van der Waals surface area contributed by atoms with Crippen molar-refractivity contribution in [2.24, 2.45) is 5.41 Å². The highest BCUT2D eigenvalue weighted by Gasteiger charge is 2.30. The predicted octanol–water partition coefficient (Wildman–Crippen LogP) is 4.64. The second-order valence-corrected chi connectivity index (χ2v) is 6.72. The first kappa shape index (κ1) is 13.6. The molecule has 0 amide bonds. The van der Waals surface area contributed by atoms with Crippen molar-refractivity contribution in [3.63, 3.8) is 0 Å². The minimum absolute atomic E-state index is 0.257. The first-order valence-corrected chi connectivity index (χ1v) is 7.79. The zero-order chi connectivity index (χ0) is 14.3.